The van der Waals surface area contributed by atoms with Gasteiger partial charge in [-0.2, -0.15) is 0 Å². The van der Waals surface area contributed by atoms with E-state index in [1.807, 2.05) is 24.3 Å². The second-order valence-corrected chi connectivity index (χ2v) is 3.18. The first-order valence-electron chi connectivity index (χ1n) is 4.61. The van der Waals surface area contributed by atoms with Crippen molar-refractivity contribution in [3.8, 4) is 5.75 Å². The van der Waals surface area contributed by atoms with E-state index in [2.05, 4.69) is 12.1 Å². The number of methoxy groups -OCH3 is 1. The minimum Gasteiger partial charge on any atom is -0.496 e. The van der Waals surface area contributed by atoms with Gasteiger partial charge in [0.25, 0.3) is 0 Å². The number of hydrogen-bond acceptors (Lipinski definition) is 2. The Bertz CT molecular complexity index is 412. The van der Waals surface area contributed by atoms with E-state index in [-0.39, 0.29) is 0 Å². The molecule has 0 aromatic heterocycles. The first-order valence-corrected chi connectivity index (χ1v) is 4.61. The molecule has 0 aliphatic rings. The monoisotopic (exact) mass is 187 g/mol. The fourth-order valence-electron chi connectivity index (χ4n) is 1.72. The second-order valence-electron chi connectivity index (χ2n) is 3.18. The average molecular weight is 187 g/mol. The van der Waals surface area contributed by atoms with Crippen LogP contribution in [0.1, 0.15) is 5.56 Å². The maximum atomic E-state index is 5.68. The van der Waals surface area contributed by atoms with Gasteiger partial charge in [-0.3, -0.25) is 0 Å². The maximum absolute atomic E-state index is 5.68. The van der Waals surface area contributed by atoms with Gasteiger partial charge in [-0.25, -0.2) is 0 Å². The molecule has 0 saturated heterocycles. The molecular weight excluding hydrogens is 174 g/mol. The minimum atomic E-state index is 0.539. The number of nitrogens with two attached hydrogens (primary N) is 1. The number of benzene rings is 2. The summed E-state index contributed by atoms with van der Waals surface area (Å²) in [5.74, 6) is 0.892. The predicted molar refractivity (Wildman–Crippen MR) is 58.4 cm³/mol. The number of ether oxygens (including phenoxy) is 1. The Kier molecular flexibility index (Phi) is 2.37. The Morgan fingerprint density at radius 2 is 1.86 bits per heavy atom. The summed E-state index contributed by atoms with van der Waals surface area (Å²) in [4.78, 5) is 0. The average Bonchev–Trinajstić information content (AvgIpc) is 2.27. The van der Waals surface area contributed by atoms with Crippen LogP contribution in [0.3, 0.4) is 0 Å². The Morgan fingerprint density at radius 1 is 1.14 bits per heavy atom. The third-order valence-corrected chi connectivity index (χ3v) is 2.39. The van der Waals surface area contributed by atoms with Crippen molar-refractivity contribution in [3.63, 3.8) is 0 Å². The molecule has 0 fully saturated rings. The molecule has 0 aliphatic carbocycles. The van der Waals surface area contributed by atoms with Crippen molar-refractivity contribution in [2.45, 2.75) is 6.54 Å². The van der Waals surface area contributed by atoms with E-state index in [0.717, 1.165) is 16.7 Å². The van der Waals surface area contributed by atoms with E-state index in [1.165, 1.54) is 5.39 Å². The van der Waals surface area contributed by atoms with E-state index >= 15 is 0 Å². The SMILES string of the molecule is COc1cccc2cccc(CN)c12. The lowest BCUT2D eigenvalue weighted by atomic mass is 10.0. The molecule has 0 heterocycles. The Balaban J connectivity index is 2.81. The van der Waals surface area contributed by atoms with Crippen molar-refractivity contribution in [1.82, 2.24) is 0 Å². The summed E-state index contributed by atoms with van der Waals surface area (Å²) in [7, 11) is 1.68. The largest absolute Gasteiger partial charge is 0.496 e. The van der Waals surface area contributed by atoms with Crippen LogP contribution in [0.25, 0.3) is 10.8 Å². The Morgan fingerprint density at radius 3 is 2.50 bits per heavy atom. The highest BCUT2D eigenvalue weighted by atomic mass is 16.5. The Hall–Kier alpha value is -1.54. The first kappa shape index (κ1) is 9.03. The molecule has 0 bridgehead atoms. The van der Waals surface area contributed by atoms with Gasteiger partial charge in [-0.15, -0.1) is 0 Å². The van der Waals surface area contributed by atoms with E-state index in [0.29, 0.717) is 6.54 Å². The predicted octanol–water partition coefficient (Wildman–Crippen LogP) is 2.31. The number of fused-ring (bicyclic) bond motifs is 1. The molecule has 2 heteroatoms. The normalized spacial score (nSPS) is 10.4. The van der Waals surface area contributed by atoms with Crippen molar-refractivity contribution in [1.29, 1.82) is 0 Å². The first-order chi connectivity index (χ1) is 6.86. The van der Waals surface area contributed by atoms with Crippen LogP contribution in [0.15, 0.2) is 36.4 Å². The zero-order chi connectivity index (χ0) is 9.97. The highest BCUT2D eigenvalue weighted by Gasteiger charge is 2.04. The number of rotatable bonds is 2. The smallest absolute Gasteiger partial charge is 0.127 e. The van der Waals surface area contributed by atoms with Gasteiger partial charge in [0.2, 0.25) is 0 Å². The zero-order valence-corrected chi connectivity index (χ0v) is 8.16. The van der Waals surface area contributed by atoms with Crippen molar-refractivity contribution in [3.05, 3.63) is 42.0 Å². The van der Waals surface area contributed by atoms with Crippen molar-refractivity contribution in [2.24, 2.45) is 5.73 Å². The standard InChI is InChI=1S/C12H13NO/c1-14-11-7-3-5-9-4-2-6-10(8-13)12(9)11/h2-7H,8,13H2,1H3. The van der Waals surface area contributed by atoms with Crippen LogP contribution >= 0.6 is 0 Å². The minimum absolute atomic E-state index is 0.539. The van der Waals surface area contributed by atoms with Gasteiger partial charge < -0.3 is 10.5 Å². The van der Waals surface area contributed by atoms with Gasteiger partial charge in [-0.1, -0.05) is 30.3 Å². The summed E-state index contributed by atoms with van der Waals surface area (Å²) in [6.07, 6.45) is 0. The second kappa shape index (κ2) is 3.68. The molecule has 2 aromatic carbocycles. The summed E-state index contributed by atoms with van der Waals surface area (Å²) in [5.41, 5.74) is 6.81. The van der Waals surface area contributed by atoms with Gasteiger partial charge >= 0.3 is 0 Å². The van der Waals surface area contributed by atoms with Gasteiger partial charge in [0.1, 0.15) is 5.75 Å². The molecule has 0 saturated carbocycles. The lowest BCUT2D eigenvalue weighted by Crippen LogP contribution is -1.98. The third kappa shape index (κ3) is 1.34. The molecule has 2 nitrogen and oxygen atoms in total. The van der Waals surface area contributed by atoms with Gasteiger partial charge in [-0.05, 0) is 17.0 Å². The molecule has 0 atom stereocenters. The van der Waals surface area contributed by atoms with Crippen LogP contribution in [-0.4, -0.2) is 7.11 Å². The maximum Gasteiger partial charge on any atom is 0.127 e. The van der Waals surface area contributed by atoms with Gasteiger partial charge in [0, 0.05) is 11.9 Å². The molecule has 0 unspecified atom stereocenters. The molecule has 2 N–H and O–H groups in total. The highest BCUT2D eigenvalue weighted by molar-refractivity contribution is 5.91. The molecule has 2 rings (SSSR count). The molecule has 0 amide bonds. The van der Waals surface area contributed by atoms with Gasteiger partial charge in [0.05, 0.1) is 7.11 Å². The molecule has 0 radical (unpaired) electrons. The fourth-order valence-corrected chi connectivity index (χ4v) is 1.72. The van der Waals surface area contributed by atoms with Crippen molar-refractivity contribution >= 4 is 10.8 Å². The van der Waals surface area contributed by atoms with E-state index in [1.54, 1.807) is 7.11 Å². The summed E-state index contributed by atoms with van der Waals surface area (Å²) in [6, 6.07) is 12.1. The molecule has 72 valence electrons. The molecule has 0 spiro atoms. The molecule has 0 aliphatic heterocycles. The van der Waals surface area contributed by atoms with Crippen LogP contribution in [-0.2, 0) is 6.54 Å². The van der Waals surface area contributed by atoms with Crippen LogP contribution in [0, 0.1) is 0 Å². The van der Waals surface area contributed by atoms with Crippen LogP contribution < -0.4 is 10.5 Å². The van der Waals surface area contributed by atoms with Crippen LogP contribution in [0.4, 0.5) is 0 Å². The highest BCUT2D eigenvalue weighted by Crippen LogP contribution is 2.28. The topological polar surface area (TPSA) is 35.2 Å². The van der Waals surface area contributed by atoms with E-state index in [9.17, 15) is 0 Å². The van der Waals surface area contributed by atoms with Crippen LogP contribution in [0.5, 0.6) is 5.75 Å². The summed E-state index contributed by atoms with van der Waals surface area (Å²) in [5, 5.41) is 2.30. The van der Waals surface area contributed by atoms with Gasteiger partial charge in [0.15, 0.2) is 0 Å². The summed E-state index contributed by atoms with van der Waals surface area (Å²) >= 11 is 0. The van der Waals surface area contributed by atoms with Crippen molar-refractivity contribution in [2.75, 3.05) is 7.11 Å². The van der Waals surface area contributed by atoms with E-state index < -0.39 is 0 Å². The quantitative estimate of drug-likeness (QED) is 0.783. The molecular formula is C12H13NO. The third-order valence-electron chi connectivity index (χ3n) is 2.39. The zero-order valence-electron chi connectivity index (χ0n) is 8.16. The summed E-state index contributed by atoms with van der Waals surface area (Å²) < 4.78 is 5.31. The molecule has 2 aromatic rings. The summed E-state index contributed by atoms with van der Waals surface area (Å²) in [6.45, 7) is 0.539. The fraction of sp³-hybridized carbons (Fsp3) is 0.167. The lowest BCUT2D eigenvalue weighted by molar-refractivity contribution is 0.419. The molecule has 14 heavy (non-hydrogen) atoms. The number of hydrogen-bond donors (Lipinski definition) is 1. The van der Waals surface area contributed by atoms with E-state index in [4.69, 9.17) is 10.5 Å². The van der Waals surface area contributed by atoms with Crippen LogP contribution in [0.2, 0.25) is 0 Å². The van der Waals surface area contributed by atoms with Crippen molar-refractivity contribution < 1.29 is 4.74 Å². The lowest BCUT2D eigenvalue weighted by Gasteiger charge is -2.08. The Labute approximate surface area is 83.3 Å².